The summed E-state index contributed by atoms with van der Waals surface area (Å²) < 4.78 is 0. The summed E-state index contributed by atoms with van der Waals surface area (Å²) >= 11 is 3.34. The second-order valence-electron chi connectivity index (χ2n) is 3.74. The van der Waals surface area contributed by atoms with E-state index < -0.39 is 0 Å². The molecule has 0 aliphatic rings. The van der Waals surface area contributed by atoms with Crippen molar-refractivity contribution in [1.29, 1.82) is 5.26 Å². The Hall–Kier alpha value is -0.560. The SMILES string of the molecule is CC(C)N(CCC#N)C(=O)CCCCBr. The zero-order chi connectivity index (χ0) is 11.7. The third-order valence-corrected chi connectivity index (χ3v) is 2.74. The fourth-order valence-corrected chi connectivity index (χ4v) is 1.75. The zero-order valence-electron chi connectivity index (χ0n) is 9.50. The van der Waals surface area contributed by atoms with E-state index in [9.17, 15) is 4.79 Å². The van der Waals surface area contributed by atoms with Gasteiger partial charge in [0.1, 0.15) is 0 Å². The highest BCUT2D eigenvalue weighted by molar-refractivity contribution is 9.09. The highest BCUT2D eigenvalue weighted by Crippen LogP contribution is 2.07. The molecule has 0 bridgehead atoms. The van der Waals surface area contributed by atoms with Crippen molar-refractivity contribution in [3.05, 3.63) is 0 Å². The summed E-state index contributed by atoms with van der Waals surface area (Å²) in [6, 6.07) is 2.26. The van der Waals surface area contributed by atoms with E-state index in [1.165, 1.54) is 0 Å². The second-order valence-corrected chi connectivity index (χ2v) is 4.53. The third kappa shape index (κ3) is 6.51. The second kappa shape index (κ2) is 8.72. The number of hydrogen-bond donors (Lipinski definition) is 0. The molecule has 3 nitrogen and oxygen atoms in total. The van der Waals surface area contributed by atoms with Gasteiger partial charge in [0.05, 0.1) is 12.5 Å². The van der Waals surface area contributed by atoms with Gasteiger partial charge in [-0.05, 0) is 26.7 Å². The summed E-state index contributed by atoms with van der Waals surface area (Å²) in [7, 11) is 0. The molecule has 0 heterocycles. The van der Waals surface area contributed by atoms with E-state index in [0.717, 1.165) is 18.2 Å². The molecule has 0 spiro atoms. The smallest absolute Gasteiger partial charge is 0.222 e. The van der Waals surface area contributed by atoms with Crippen molar-refractivity contribution >= 4 is 21.8 Å². The van der Waals surface area contributed by atoms with E-state index in [1.807, 2.05) is 13.8 Å². The van der Waals surface area contributed by atoms with Crippen LogP contribution in [0, 0.1) is 11.3 Å². The van der Waals surface area contributed by atoms with Gasteiger partial charge in [-0.25, -0.2) is 0 Å². The summed E-state index contributed by atoms with van der Waals surface area (Å²) in [5, 5.41) is 9.44. The Morgan fingerprint density at radius 3 is 2.60 bits per heavy atom. The van der Waals surface area contributed by atoms with E-state index in [0.29, 0.717) is 19.4 Å². The maximum Gasteiger partial charge on any atom is 0.222 e. The molecule has 0 aromatic heterocycles. The number of hydrogen-bond acceptors (Lipinski definition) is 2. The lowest BCUT2D eigenvalue weighted by Gasteiger charge is -2.25. The fourth-order valence-electron chi connectivity index (χ4n) is 1.36. The number of amides is 1. The molecular formula is C11H19BrN2O. The first-order valence-corrected chi connectivity index (χ1v) is 6.48. The summed E-state index contributed by atoms with van der Waals surface area (Å²) in [5.41, 5.74) is 0. The standard InChI is InChI=1S/C11H19BrN2O/c1-10(2)14(9-5-8-13)11(15)6-3-4-7-12/h10H,3-7,9H2,1-2H3. The first kappa shape index (κ1) is 14.4. The molecule has 1 amide bonds. The van der Waals surface area contributed by atoms with Gasteiger partial charge in [0.25, 0.3) is 0 Å². The van der Waals surface area contributed by atoms with Crippen molar-refractivity contribution in [3.63, 3.8) is 0 Å². The maximum absolute atomic E-state index is 11.8. The topological polar surface area (TPSA) is 44.1 Å². The van der Waals surface area contributed by atoms with Crippen LogP contribution in [0.15, 0.2) is 0 Å². The van der Waals surface area contributed by atoms with Crippen LogP contribution in [0.25, 0.3) is 0 Å². The quantitative estimate of drug-likeness (QED) is 0.529. The van der Waals surface area contributed by atoms with Gasteiger partial charge in [-0.2, -0.15) is 5.26 Å². The Kier molecular flexibility index (Phi) is 8.40. The van der Waals surface area contributed by atoms with E-state index in [1.54, 1.807) is 4.90 Å². The number of carbonyl (C=O) groups is 1. The minimum absolute atomic E-state index is 0.168. The minimum atomic E-state index is 0.168. The molecule has 0 atom stereocenters. The van der Waals surface area contributed by atoms with Crippen LogP contribution < -0.4 is 0 Å². The Balaban J connectivity index is 4.00. The van der Waals surface area contributed by atoms with Gasteiger partial charge in [-0.1, -0.05) is 15.9 Å². The number of halogens is 1. The average Bonchev–Trinajstić information content (AvgIpc) is 2.18. The van der Waals surface area contributed by atoms with Crippen LogP contribution in [0.2, 0.25) is 0 Å². The molecule has 86 valence electrons. The molecule has 0 aromatic carbocycles. The molecule has 0 aliphatic carbocycles. The molecule has 0 aromatic rings. The van der Waals surface area contributed by atoms with E-state index in [-0.39, 0.29) is 11.9 Å². The Morgan fingerprint density at radius 1 is 1.47 bits per heavy atom. The molecule has 0 aliphatic heterocycles. The van der Waals surface area contributed by atoms with Gasteiger partial charge in [0.15, 0.2) is 0 Å². The first-order valence-electron chi connectivity index (χ1n) is 5.35. The Labute approximate surface area is 101 Å². The molecule has 0 unspecified atom stereocenters. The molecule has 0 rings (SSSR count). The van der Waals surface area contributed by atoms with Crippen LogP contribution in [-0.2, 0) is 4.79 Å². The van der Waals surface area contributed by atoms with Gasteiger partial charge >= 0.3 is 0 Å². The van der Waals surface area contributed by atoms with Crippen molar-refractivity contribution in [2.45, 2.75) is 45.6 Å². The predicted octanol–water partition coefficient (Wildman–Crippen LogP) is 2.70. The van der Waals surface area contributed by atoms with E-state index >= 15 is 0 Å². The number of nitriles is 1. The summed E-state index contributed by atoms with van der Waals surface area (Å²) in [4.78, 5) is 13.6. The lowest BCUT2D eigenvalue weighted by molar-refractivity contribution is -0.132. The number of unbranched alkanes of at least 4 members (excludes halogenated alkanes) is 1. The lowest BCUT2D eigenvalue weighted by Crippen LogP contribution is -2.37. The fraction of sp³-hybridized carbons (Fsp3) is 0.818. The summed E-state index contributed by atoms with van der Waals surface area (Å²) in [6.45, 7) is 4.53. The predicted molar refractivity (Wildman–Crippen MR) is 64.7 cm³/mol. The molecule has 0 radical (unpaired) electrons. The van der Waals surface area contributed by atoms with Crippen LogP contribution in [0.4, 0.5) is 0 Å². The average molecular weight is 275 g/mol. The van der Waals surface area contributed by atoms with Gasteiger partial charge < -0.3 is 4.90 Å². The van der Waals surface area contributed by atoms with E-state index in [4.69, 9.17) is 5.26 Å². The molecule has 0 N–H and O–H groups in total. The van der Waals surface area contributed by atoms with Crippen molar-refractivity contribution in [2.24, 2.45) is 0 Å². The normalized spacial score (nSPS) is 10.1. The summed E-state index contributed by atoms with van der Waals surface area (Å²) in [5.74, 6) is 0.168. The molecule has 4 heteroatoms. The van der Waals surface area contributed by atoms with E-state index in [2.05, 4.69) is 22.0 Å². The highest BCUT2D eigenvalue weighted by atomic mass is 79.9. The maximum atomic E-state index is 11.8. The van der Waals surface area contributed by atoms with Crippen molar-refractivity contribution in [2.75, 3.05) is 11.9 Å². The Bertz CT molecular complexity index is 223. The zero-order valence-corrected chi connectivity index (χ0v) is 11.1. The van der Waals surface area contributed by atoms with Crippen molar-refractivity contribution < 1.29 is 4.79 Å². The summed E-state index contributed by atoms with van der Waals surface area (Å²) in [6.07, 6.45) is 2.95. The number of nitrogens with zero attached hydrogens (tertiary/aromatic N) is 2. The molecular weight excluding hydrogens is 256 g/mol. The Morgan fingerprint density at radius 2 is 2.13 bits per heavy atom. The number of rotatable bonds is 7. The molecule has 0 fully saturated rings. The van der Waals surface area contributed by atoms with Crippen molar-refractivity contribution in [1.82, 2.24) is 4.90 Å². The third-order valence-electron chi connectivity index (χ3n) is 2.18. The van der Waals surface area contributed by atoms with Gasteiger partial charge in [0.2, 0.25) is 5.91 Å². The number of alkyl halides is 1. The molecule has 15 heavy (non-hydrogen) atoms. The van der Waals surface area contributed by atoms with Crippen molar-refractivity contribution in [3.8, 4) is 6.07 Å². The largest absolute Gasteiger partial charge is 0.339 e. The molecule has 0 saturated heterocycles. The van der Waals surface area contributed by atoms with Gasteiger partial charge in [0, 0.05) is 24.3 Å². The monoisotopic (exact) mass is 274 g/mol. The first-order chi connectivity index (χ1) is 7.13. The highest BCUT2D eigenvalue weighted by Gasteiger charge is 2.15. The van der Waals surface area contributed by atoms with Crippen LogP contribution in [0.1, 0.15) is 39.5 Å². The minimum Gasteiger partial charge on any atom is -0.339 e. The van der Waals surface area contributed by atoms with Gasteiger partial charge in [-0.3, -0.25) is 4.79 Å². The molecule has 0 saturated carbocycles. The van der Waals surface area contributed by atoms with Crippen LogP contribution in [0.5, 0.6) is 0 Å². The van der Waals surface area contributed by atoms with Crippen LogP contribution in [-0.4, -0.2) is 28.7 Å². The van der Waals surface area contributed by atoms with Crippen LogP contribution >= 0.6 is 15.9 Å². The van der Waals surface area contributed by atoms with Gasteiger partial charge in [-0.15, -0.1) is 0 Å². The lowest BCUT2D eigenvalue weighted by atomic mass is 10.2. The number of carbonyl (C=O) groups excluding carboxylic acids is 1. The van der Waals surface area contributed by atoms with Crippen LogP contribution in [0.3, 0.4) is 0 Å².